The molecule has 0 aliphatic carbocycles. The minimum absolute atomic E-state index is 0.200. The molecule has 0 bridgehead atoms. The van der Waals surface area contributed by atoms with E-state index in [9.17, 15) is 9.59 Å². The summed E-state index contributed by atoms with van der Waals surface area (Å²) in [5.74, 6) is 0.739. The van der Waals surface area contributed by atoms with E-state index in [-0.39, 0.29) is 25.0 Å². The lowest BCUT2D eigenvalue weighted by Gasteiger charge is -2.31. The fraction of sp³-hybridized carbons (Fsp3) is 0.333. The molecule has 0 aliphatic heterocycles. The number of fused-ring (bicyclic) bond motifs is 1. The Labute approximate surface area is 209 Å². The number of methoxy groups -OCH3 is 1. The molecular weight excluding hydrogens is 496 g/mol. The van der Waals surface area contributed by atoms with E-state index in [1.165, 1.54) is 4.90 Å². The number of nitrogens with one attached hydrogen (secondary N) is 1. The van der Waals surface area contributed by atoms with Gasteiger partial charge in [-0.2, -0.15) is 0 Å². The maximum atomic E-state index is 13.3. The highest BCUT2D eigenvalue weighted by Gasteiger charge is 2.29. The van der Waals surface area contributed by atoms with Crippen LogP contribution in [0, 0.1) is 0 Å². The zero-order valence-electron chi connectivity index (χ0n) is 20.2. The first-order chi connectivity index (χ1) is 16.1. The number of nitrogens with zero attached hydrogens (tertiary/aromatic N) is 1. The molecule has 0 radical (unpaired) electrons. The number of ether oxygens (including phenoxy) is 2. The third kappa shape index (κ3) is 6.50. The lowest BCUT2D eigenvalue weighted by Crippen LogP contribution is -2.53. The maximum absolute atomic E-state index is 13.3. The molecule has 3 aromatic carbocycles. The molecule has 0 saturated carbocycles. The number of amides is 2. The van der Waals surface area contributed by atoms with Crippen LogP contribution in [0.25, 0.3) is 10.8 Å². The second-order valence-corrected chi connectivity index (χ2v) is 9.97. The fourth-order valence-corrected chi connectivity index (χ4v) is 4.18. The molecule has 34 heavy (non-hydrogen) atoms. The van der Waals surface area contributed by atoms with Gasteiger partial charge in [-0.15, -0.1) is 0 Å². The summed E-state index contributed by atoms with van der Waals surface area (Å²) in [5, 5.41) is 5.03. The first-order valence-corrected chi connectivity index (χ1v) is 11.9. The van der Waals surface area contributed by atoms with Crippen molar-refractivity contribution in [1.82, 2.24) is 10.2 Å². The monoisotopic (exact) mass is 526 g/mol. The van der Waals surface area contributed by atoms with Gasteiger partial charge in [-0.05, 0) is 78.2 Å². The van der Waals surface area contributed by atoms with Crippen LogP contribution in [0.1, 0.15) is 33.3 Å². The Kier molecular flexibility index (Phi) is 8.20. The van der Waals surface area contributed by atoms with Crippen molar-refractivity contribution in [2.24, 2.45) is 0 Å². The van der Waals surface area contributed by atoms with Crippen molar-refractivity contribution in [3.8, 4) is 11.5 Å². The topological polar surface area (TPSA) is 67.9 Å². The van der Waals surface area contributed by atoms with Crippen LogP contribution in [0.4, 0.5) is 0 Å². The van der Waals surface area contributed by atoms with Gasteiger partial charge in [-0.25, -0.2) is 0 Å². The number of hydrogen-bond donors (Lipinski definition) is 1. The smallest absolute Gasteiger partial charge is 0.261 e. The first-order valence-electron chi connectivity index (χ1n) is 11.1. The highest BCUT2D eigenvalue weighted by atomic mass is 79.9. The summed E-state index contributed by atoms with van der Waals surface area (Å²) < 4.78 is 12.0. The molecule has 3 rings (SSSR count). The molecule has 0 aromatic heterocycles. The molecule has 2 amide bonds. The minimum Gasteiger partial charge on any atom is -0.497 e. The predicted octanol–water partition coefficient (Wildman–Crippen LogP) is 5.32. The van der Waals surface area contributed by atoms with Crippen molar-refractivity contribution < 1.29 is 19.1 Å². The normalized spacial score (nSPS) is 12.2. The molecule has 1 N–H and O–H groups in total. The number of halogens is 1. The van der Waals surface area contributed by atoms with E-state index in [0.717, 1.165) is 20.8 Å². The summed E-state index contributed by atoms with van der Waals surface area (Å²) >= 11 is 3.60. The minimum atomic E-state index is -0.693. The van der Waals surface area contributed by atoms with Gasteiger partial charge in [0, 0.05) is 12.1 Å². The summed E-state index contributed by atoms with van der Waals surface area (Å²) in [5.41, 5.74) is 0.442. The molecule has 7 heteroatoms. The molecule has 6 nitrogen and oxygen atoms in total. The number of carbonyl (C=O) groups is 2. The zero-order valence-corrected chi connectivity index (χ0v) is 21.8. The second kappa shape index (κ2) is 10.9. The zero-order chi connectivity index (χ0) is 24.9. The van der Waals surface area contributed by atoms with Gasteiger partial charge in [-0.3, -0.25) is 9.59 Å². The number of carbonyl (C=O) groups excluding carboxylic acids is 2. The van der Waals surface area contributed by atoms with Crippen LogP contribution in [-0.2, 0) is 16.1 Å². The average molecular weight is 527 g/mol. The Bertz CT molecular complexity index is 1170. The van der Waals surface area contributed by atoms with Crippen molar-refractivity contribution in [1.29, 1.82) is 0 Å². The highest BCUT2D eigenvalue weighted by Crippen LogP contribution is 2.33. The third-order valence-electron chi connectivity index (χ3n) is 5.33. The van der Waals surface area contributed by atoms with Gasteiger partial charge in [0.1, 0.15) is 17.5 Å². The van der Waals surface area contributed by atoms with Crippen LogP contribution in [0.15, 0.2) is 65.1 Å². The molecule has 0 fully saturated rings. The van der Waals surface area contributed by atoms with E-state index in [1.54, 1.807) is 14.0 Å². The Balaban J connectivity index is 1.82. The quantitative estimate of drug-likeness (QED) is 0.431. The van der Waals surface area contributed by atoms with Crippen LogP contribution in [0.3, 0.4) is 0 Å². The second-order valence-electron chi connectivity index (χ2n) is 9.18. The van der Waals surface area contributed by atoms with Gasteiger partial charge < -0.3 is 19.7 Å². The predicted molar refractivity (Wildman–Crippen MR) is 138 cm³/mol. The average Bonchev–Trinajstić information content (AvgIpc) is 2.80. The molecule has 0 unspecified atom stereocenters. The summed E-state index contributed by atoms with van der Waals surface area (Å²) in [6, 6.07) is 18.5. The number of hydrogen-bond acceptors (Lipinski definition) is 4. The van der Waals surface area contributed by atoms with E-state index in [4.69, 9.17) is 9.47 Å². The van der Waals surface area contributed by atoms with Crippen LogP contribution in [0.5, 0.6) is 11.5 Å². The molecule has 1 atom stereocenters. The van der Waals surface area contributed by atoms with Crippen LogP contribution in [-0.4, -0.2) is 42.0 Å². The summed E-state index contributed by atoms with van der Waals surface area (Å²) in [6.45, 7) is 7.50. The molecule has 0 spiro atoms. The van der Waals surface area contributed by atoms with Crippen molar-refractivity contribution in [2.75, 3.05) is 13.7 Å². The van der Waals surface area contributed by atoms with Crippen molar-refractivity contribution in [3.63, 3.8) is 0 Å². The summed E-state index contributed by atoms with van der Waals surface area (Å²) in [4.78, 5) is 27.8. The third-order valence-corrected chi connectivity index (χ3v) is 6.15. The molecule has 3 aromatic rings. The standard InChI is InChI=1S/C27H31BrN2O4/c1-18(26(32)29-27(2,3)4)30(16-19-9-8-11-21(15-19)33-5)24(31)17-34-23-14-13-20-10-6-7-12-22(20)25(23)28/h6-15,18H,16-17H2,1-5H3,(H,29,32)/t18-/m0/s1. The van der Waals surface area contributed by atoms with Crippen LogP contribution in [0.2, 0.25) is 0 Å². The van der Waals surface area contributed by atoms with Crippen LogP contribution < -0.4 is 14.8 Å². The maximum Gasteiger partial charge on any atom is 0.261 e. The number of benzene rings is 3. The summed E-state index contributed by atoms with van der Waals surface area (Å²) in [7, 11) is 1.59. The Hall–Kier alpha value is -3.06. The van der Waals surface area contributed by atoms with E-state index in [1.807, 2.05) is 81.4 Å². The van der Waals surface area contributed by atoms with E-state index < -0.39 is 11.6 Å². The van der Waals surface area contributed by atoms with Gasteiger partial charge in [0.05, 0.1) is 11.6 Å². The highest BCUT2D eigenvalue weighted by molar-refractivity contribution is 9.10. The van der Waals surface area contributed by atoms with Crippen molar-refractivity contribution in [3.05, 3.63) is 70.7 Å². The molecule has 0 saturated heterocycles. The van der Waals surface area contributed by atoms with Gasteiger partial charge >= 0.3 is 0 Å². The lowest BCUT2D eigenvalue weighted by atomic mass is 10.1. The molecular formula is C27H31BrN2O4. The van der Waals surface area contributed by atoms with Gasteiger partial charge in [0.25, 0.3) is 5.91 Å². The van der Waals surface area contributed by atoms with Gasteiger partial charge in [0.15, 0.2) is 6.61 Å². The van der Waals surface area contributed by atoms with Gasteiger partial charge in [0.2, 0.25) is 5.91 Å². The van der Waals surface area contributed by atoms with E-state index in [2.05, 4.69) is 21.2 Å². The first kappa shape index (κ1) is 25.6. The Morgan fingerprint density at radius 1 is 1.06 bits per heavy atom. The Morgan fingerprint density at radius 2 is 1.79 bits per heavy atom. The van der Waals surface area contributed by atoms with Crippen molar-refractivity contribution >= 4 is 38.5 Å². The molecule has 0 heterocycles. The van der Waals surface area contributed by atoms with E-state index in [0.29, 0.717) is 11.5 Å². The summed E-state index contributed by atoms with van der Waals surface area (Å²) in [6.07, 6.45) is 0. The SMILES string of the molecule is COc1cccc(CN(C(=O)COc2ccc3ccccc3c2Br)[C@@H](C)C(=O)NC(C)(C)C)c1. The fourth-order valence-electron chi connectivity index (χ4n) is 3.57. The van der Waals surface area contributed by atoms with Gasteiger partial charge in [-0.1, -0.05) is 42.5 Å². The Morgan fingerprint density at radius 3 is 2.50 bits per heavy atom. The number of rotatable bonds is 8. The van der Waals surface area contributed by atoms with Crippen molar-refractivity contribution in [2.45, 2.75) is 45.8 Å². The van der Waals surface area contributed by atoms with E-state index >= 15 is 0 Å². The largest absolute Gasteiger partial charge is 0.497 e. The molecule has 0 aliphatic rings. The van der Waals surface area contributed by atoms with Crippen LogP contribution >= 0.6 is 15.9 Å². The lowest BCUT2D eigenvalue weighted by molar-refractivity contribution is -0.142. The molecule has 180 valence electrons.